The number of carboxylic acid groups (broad SMARTS) is 1. The maximum Gasteiger partial charge on any atom is 0.335 e. The summed E-state index contributed by atoms with van der Waals surface area (Å²) in [5, 5.41) is 11.9. The molecule has 25 heavy (non-hydrogen) atoms. The predicted molar refractivity (Wildman–Crippen MR) is 93.1 cm³/mol. The molecule has 1 aliphatic rings. The van der Waals surface area contributed by atoms with Crippen LogP contribution in [0, 0.1) is 5.92 Å². The summed E-state index contributed by atoms with van der Waals surface area (Å²) in [5.41, 5.74) is 2.12. The van der Waals surface area contributed by atoms with Crippen molar-refractivity contribution in [3.63, 3.8) is 0 Å². The van der Waals surface area contributed by atoms with Gasteiger partial charge in [-0.05, 0) is 36.1 Å². The zero-order chi connectivity index (χ0) is 17.6. The van der Waals surface area contributed by atoms with Gasteiger partial charge in [0.15, 0.2) is 0 Å². The van der Waals surface area contributed by atoms with E-state index in [9.17, 15) is 9.59 Å². The highest BCUT2D eigenvalue weighted by molar-refractivity contribution is 5.87. The first-order chi connectivity index (χ1) is 12.1. The molecule has 1 heterocycles. The van der Waals surface area contributed by atoms with Crippen molar-refractivity contribution in [3.05, 3.63) is 71.3 Å². The molecule has 1 amide bonds. The third kappa shape index (κ3) is 4.25. The average molecular weight is 339 g/mol. The van der Waals surface area contributed by atoms with Crippen molar-refractivity contribution in [2.24, 2.45) is 5.92 Å². The number of benzene rings is 2. The van der Waals surface area contributed by atoms with Gasteiger partial charge in [-0.25, -0.2) is 4.79 Å². The number of carbonyl (C=O) groups excluding carboxylic acids is 1. The van der Waals surface area contributed by atoms with Gasteiger partial charge in [-0.15, -0.1) is 0 Å². The molecular weight excluding hydrogens is 318 g/mol. The fourth-order valence-corrected chi connectivity index (χ4v) is 3.11. The molecule has 0 aromatic heterocycles. The molecule has 2 N–H and O–H groups in total. The SMILES string of the molecule is O=C(O)c1ccc(CNC(=O)C2CCCOC2c2ccccc2)cc1. The van der Waals surface area contributed by atoms with Gasteiger partial charge in [-0.2, -0.15) is 0 Å². The highest BCUT2D eigenvalue weighted by atomic mass is 16.5. The normalized spacial score (nSPS) is 20.0. The molecule has 0 saturated carbocycles. The molecule has 2 atom stereocenters. The van der Waals surface area contributed by atoms with Crippen molar-refractivity contribution in [2.45, 2.75) is 25.5 Å². The smallest absolute Gasteiger partial charge is 0.335 e. The number of nitrogens with one attached hydrogen (secondary N) is 1. The van der Waals surface area contributed by atoms with Crippen LogP contribution in [0.3, 0.4) is 0 Å². The summed E-state index contributed by atoms with van der Waals surface area (Å²) >= 11 is 0. The topological polar surface area (TPSA) is 75.6 Å². The molecule has 5 heteroatoms. The summed E-state index contributed by atoms with van der Waals surface area (Å²) in [4.78, 5) is 23.5. The Hall–Kier alpha value is -2.66. The van der Waals surface area contributed by atoms with Gasteiger partial charge in [-0.1, -0.05) is 42.5 Å². The van der Waals surface area contributed by atoms with Crippen molar-refractivity contribution >= 4 is 11.9 Å². The quantitative estimate of drug-likeness (QED) is 0.877. The number of rotatable bonds is 5. The third-order valence-corrected chi connectivity index (χ3v) is 4.45. The fourth-order valence-electron chi connectivity index (χ4n) is 3.11. The van der Waals surface area contributed by atoms with E-state index < -0.39 is 5.97 Å². The maximum atomic E-state index is 12.6. The van der Waals surface area contributed by atoms with E-state index >= 15 is 0 Å². The third-order valence-electron chi connectivity index (χ3n) is 4.45. The number of carbonyl (C=O) groups is 2. The molecule has 5 nitrogen and oxygen atoms in total. The minimum Gasteiger partial charge on any atom is -0.478 e. The molecule has 130 valence electrons. The van der Waals surface area contributed by atoms with Gasteiger partial charge in [0.1, 0.15) is 0 Å². The number of hydrogen-bond donors (Lipinski definition) is 2. The summed E-state index contributed by atoms with van der Waals surface area (Å²) in [6.45, 7) is 1.04. The molecule has 0 bridgehead atoms. The van der Waals surface area contributed by atoms with E-state index in [-0.39, 0.29) is 23.5 Å². The van der Waals surface area contributed by atoms with E-state index in [4.69, 9.17) is 9.84 Å². The zero-order valence-corrected chi connectivity index (χ0v) is 13.9. The van der Waals surface area contributed by atoms with Crippen LogP contribution in [0.5, 0.6) is 0 Å². The molecule has 0 spiro atoms. The van der Waals surface area contributed by atoms with Gasteiger partial charge in [0.05, 0.1) is 17.6 Å². The van der Waals surface area contributed by atoms with Gasteiger partial charge < -0.3 is 15.2 Å². The second kappa shape index (κ2) is 7.94. The van der Waals surface area contributed by atoms with E-state index in [1.54, 1.807) is 24.3 Å². The van der Waals surface area contributed by atoms with Crippen LogP contribution >= 0.6 is 0 Å². The van der Waals surface area contributed by atoms with Crippen LogP contribution < -0.4 is 5.32 Å². The molecule has 2 aromatic carbocycles. The van der Waals surface area contributed by atoms with Crippen molar-refractivity contribution in [2.75, 3.05) is 6.61 Å². The molecular formula is C20H21NO4. The Morgan fingerprint density at radius 2 is 1.80 bits per heavy atom. The van der Waals surface area contributed by atoms with Crippen molar-refractivity contribution < 1.29 is 19.4 Å². The monoisotopic (exact) mass is 339 g/mol. The summed E-state index contributed by atoms with van der Waals surface area (Å²) in [7, 11) is 0. The lowest BCUT2D eigenvalue weighted by atomic mass is 9.88. The van der Waals surface area contributed by atoms with Crippen LogP contribution in [0.1, 0.15) is 40.4 Å². The van der Waals surface area contributed by atoms with Gasteiger partial charge in [-0.3, -0.25) is 4.79 Å². The average Bonchev–Trinajstić information content (AvgIpc) is 2.67. The lowest BCUT2D eigenvalue weighted by molar-refractivity contribution is -0.134. The van der Waals surface area contributed by atoms with E-state index in [1.807, 2.05) is 30.3 Å². The van der Waals surface area contributed by atoms with E-state index in [0.717, 1.165) is 24.0 Å². The Bertz CT molecular complexity index is 727. The predicted octanol–water partition coefficient (Wildman–Crippen LogP) is 3.17. The lowest BCUT2D eigenvalue weighted by Crippen LogP contribution is -2.37. The Kier molecular flexibility index (Phi) is 5.46. The lowest BCUT2D eigenvalue weighted by Gasteiger charge is -2.31. The molecule has 0 aliphatic carbocycles. The highest BCUT2D eigenvalue weighted by Crippen LogP contribution is 2.33. The van der Waals surface area contributed by atoms with Crippen molar-refractivity contribution in [1.29, 1.82) is 0 Å². The van der Waals surface area contributed by atoms with Gasteiger partial charge >= 0.3 is 5.97 Å². The first-order valence-electron chi connectivity index (χ1n) is 8.41. The second-order valence-electron chi connectivity index (χ2n) is 6.17. The van der Waals surface area contributed by atoms with Crippen LogP contribution in [0.15, 0.2) is 54.6 Å². The Balaban J connectivity index is 1.63. The minimum absolute atomic E-state index is 0.0316. The molecule has 0 radical (unpaired) electrons. The van der Waals surface area contributed by atoms with Crippen LogP contribution in [0.25, 0.3) is 0 Å². The molecule has 3 rings (SSSR count). The Labute approximate surface area is 146 Å². The summed E-state index contributed by atoms with van der Waals surface area (Å²) in [5.74, 6) is -1.20. The summed E-state index contributed by atoms with van der Waals surface area (Å²) < 4.78 is 5.87. The largest absolute Gasteiger partial charge is 0.478 e. The molecule has 1 fully saturated rings. The first-order valence-corrected chi connectivity index (χ1v) is 8.41. The van der Waals surface area contributed by atoms with Crippen LogP contribution in [-0.2, 0) is 16.1 Å². The Morgan fingerprint density at radius 3 is 2.48 bits per heavy atom. The van der Waals surface area contributed by atoms with Crippen LogP contribution in [0.2, 0.25) is 0 Å². The minimum atomic E-state index is -0.958. The number of hydrogen-bond acceptors (Lipinski definition) is 3. The van der Waals surface area contributed by atoms with Gasteiger partial charge in [0, 0.05) is 13.2 Å². The molecule has 2 aromatic rings. The van der Waals surface area contributed by atoms with Crippen LogP contribution in [0.4, 0.5) is 0 Å². The van der Waals surface area contributed by atoms with E-state index in [1.165, 1.54) is 0 Å². The first kappa shape index (κ1) is 17.2. The summed E-state index contributed by atoms with van der Waals surface area (Å²) in [6.07, 6.45) is 1.45. The van der Waals surface area contributed by atoms with Gasteiger partial charge in [0.25, 0.3) is 0 Å². The molecule has 1 aliphatic heterocycles. The van der Waals surface area contributed by atoms with Crippen molar-refractivity contribution in [1.82, 2.24) is 5.32 Å². The molecule has 2 unspecified atom stereocenters. The maximum absolute atomic E-state index is 12.6. The number of ether oxygens (including phenoxy) is 1. The van der Waals surface area contributed by atoms with E-state index in [2.05, 4.69) is 5.32 Å². The zero-order valence-electron chi connectivity index (χ0n) is 13.9. The van der Waals surface area contributed by atoms with Crippen LogP contribution in [-0.4, -0.2) is 23.6 Å². The highest BCUT2D eigenvalue weighted by Gasteiger charge is 2.32. The standard InChI is InChI=1S/C20H21NO4/c22-19(21-13-14-8-10-16(11-9-14)20(23)24)17-7-4-12-25-18(17)15-5-2-1-3-6-15/h1-3,5-6,8-11,17-18H,4,7,12-13H2,(H,21,22)(H,23,24). The second-order valence-corrected chi connectivity index (χ2v) is 6.17. The number of aromatic carboxylic acids is 1. The summed E-state index contributed by atoms with van der Waals surface area (Å²) in [6, 6.07) is 16.3. The fraction of sp³-hybridized carbons (Fsp3) is 0.300. The number of carboxylic acids is 1. The molecule has 1 saturated heterocycles. The Morgan fingerprint density at radius 1 is 1.08 bits per heavy atom. The van der Waals surface area contributed by atoms with E-state index in [0.29, 0.717) is 13.2 Å². The van der Waals surface area contributed by atoms with Crippen molar-refractivity contribution in [3.8, 4) is 0 Å². The number of amides is 1. The van der Waals surface area contributed by atoms with Gasteiger partial charge in [0.2, 0.25) is 5.91 Å².